The fourth-order valence-electron chi connectivity index (χ4n) is 4.05. The Morgan fingerprint density at radius 1 is 1.00 bits per heavy atom. The van der Waals surface area contributed by atoms with Crippen LogP contribution in [0, 0.1) is 23.0 Å². The van der Waals surface area contributed by atoms with Crippen LogP contribution >= 0.6 is 0 Å². The third-order valence-electron chi connectivity index (χ3n) is 5.86. The van der Waals surface area contributed by atoms with E-state index in [0.29, 0.717) is 25.7 Å². The maximum Gasteiger partial charge on any atom is 0.410 e. The van der Waals surface area contributed by atoms with E-state index in [2.05, 4.69) is 15.4 Å². The number of nitrogens with zero attached hydrogens (tertiary/aromatic N) is 1. The molecule has 0 heterocycles. The summed E-state index contributed by atoms with van der Waals surface area (Å²) in [7, 11) is 0. The van der Waals surface area contributed by atoms with Crippen molar-refractivity contribution in [1.82, 2.24) is 10.6 Å². The van der Waals surface area contributed by atoms with Crippen molar-refractivity contribution in [2.45, 2.75) is 62.1 Å². The summed E-state index contributed by atoms with van der Waals surface area (Å²) in [5.74, 6) is -6.19. The number of alkyl halides is 4. The molecule has 2 aromatic rings. The van der Waals surface area contributed by atoms with E-state index in [4.69, 9.17) is 0 Å². The molecule has 1 aliphatic carbocycles. The molecule has 0 saturated heterocycles. The second-order valence-corrected chi connectivity index (χ2v) is 8.88. The summed E-state index contributed by atoms with van der Waals surface area (Å²) in [6.45, 7) is -1.31. The first-order valence-electron chi connectivity index (χ1n) is 11.3. The largest absolute Gasteiger partial charge is 0.432 e. The van der Waals surface area contributed by atoms with Crippen LogP contribution in [0.5, 0.6) is 5.75 Å². The zero-order chi connectivity index (χ0) is 26.4. The molecule has 0 bridgehead atoms. The Labute approximate surface area is 204 Å². The average molecular weight is 513 g/mol. The molecule has 11 heteroatoms. The summed E-state index contributed by atoms with van der Waals surface area (Å²) in [5.41, 5.74) is -1.16. The highest BCUT2D eigenvalue weighted by Crippen LogP contribution is 2.31. The Kier molecular flexibility index (Phi) is 8.51. The molecule has 1 fully saturated rings. The van der Waals surface area contributed by atoms with Gasteiger partial charge in [0.25, 0.3) is 5.92 Å². The lowest BCUT2D eigenvalue weighted by Gasteiger charge is -2.29. The zero-order valence-electron chi connectivity index (χ0n) is 19.2. The summed E-state index contributed by atoms with van der Waals surface area (Å²) in [6, 6.07) is 8.32. The number of carbonyl (C=O) groups is 1. The normalized spacial score (nSPS) is 16.2. The highest BCUT2D eigenvalue weighted by molar-refractivity contribution is 5.83. The highest BCUT2D eigenvalue weighted by Gasteiger charge is 2.42. The molecule has 0 aliphatic heterocycles. The predicted octanol–water partition coefficient (Wildman–Crippen LogP) is 5.12. The molecule has 1 amide bonds. The topological polar surface area (TPSA) is 74.2 Å². The molecular weight excluding hydrogens is 488 g/mol. The lowest BCUT2D eigenvalue weighted by Crippen LogP contribution is -2.56. The van der Waals surface area contributed by atoms with Crippen molar-refractivity contribution in [3.05, 3.63) is 65.7 Å². The van der Waals surface area contributed by atoms with E-state index in [9.17, 15) is 36.4 Å². The standard InChI is InChI=1S/C25H25F6N3O2/c26-18-5-3-17(4-6-18)13-24(28,29)14-21(22(35)34-23(15-32)11-1-2-12-23)33-16-25(30,31)36-20-9-7-19(27)8-10-20/h3-10,21,33H,1-2,11-14,16H2,(H,34,35). The van der Waals surface area contributed by atoms with Crippen LogP contribution in [0.1, 0.15) is 37.7 Å². The van der Waals surface area contributed by atoms with Crippen LogP contribution in [-0.4, -0.2) is 36.1 Å². The van der Waals surface area contributed by atoms with E-state index in [1.807, 2.05) is 6.07 Å². The van der Waals surface area contributed by atoms with Crippen LogP contribution in [0.15, 0.2) is 48.5 Å². The molecule has 0 radical (unpaired) electrons. The molecule has 0 aromatic heterocycles. The molecule has 2 aromatic carbocycles. The smallest absolute Gasteiger partial charge is 0.410 e. The number of halogens is 6. The number of hydrogen-bond donors (Lipinski definition) is 2. The molecule has 2 N–H and O–H groups in total. The van der Waals surface area contributed by atoms with E-state index in [1.165, 1.54) is 12.1 Å². The fraction of sp³-hybridized carbons (Fsp3) is 0.440. The van der Waals surface area contributed by atoms with Crippen molar-refractivity contribution in [3.63, 3.8) is 0 Å². The molecule has 194 valence electrons. The van der Waals surface area contributed by atoms with Gasteiger partial charge in [-0.1, -0.05) is 12.1 Å². The maximum atomic E-state index is 14.9. The Morgan fingerprint density at radius 3 is 2.11 bits per heavy atom. The number of nitrogens with one attached hydrogen (secondary N) is 2. The number of benzene rings is 2. The summed E-state index contributed by atoms with van der Waals surface area (Å²) in [5, 5.41) is 14.1. The lowest BCUT2D eigenvalue weighted by molar-refractivity contribution is -0.174. The number of hydrogen-bond acceptors (Lipinski definition) is 4. The third kappa shape index (κ3) is 7.88. The van der Waals surface area contributed by atoms with Crippen molar-refractivity contribution in [3.8, 4) is 11.8 Å². The molecule has 1 atom stereocenters. The minimum absolute atomic E-state index is 0.0924. The van der Waals surface area contributed by atoms with Gasteiger partial charge in [0.15, 0.2) is 0 Å². The SMILES string of the molecule is N#CC1(NC(=O)C(CC(F)(F)Cc2ccc(F)cc2)NCC(F)(F)Oc2ccc(F)cc2)CCCC1. The lowest BCUT2D eigenvalue weighted by atomic mass is 9.96. The van der Waals surface area contributed by atoms with E-state index in [-0.39, 0.29) is 11.3 Å². The number of amides is 1. The van der Waals surface area contributed by atoms with Gasteiger partial charge in [0.05, 0.1) is 12.1 Å². The Hall–Kier alpha value is -3.26. The van der Waals surface area contributed by atoms with Gasteiger partial charge in [0, 0.05) is 12.8 Å². The van der Waals surface area contributed by atoms with Crippen molar-refractivity contribution >= 4 is 5.91 Å². The van der Waals surface area contributed by atoms with Crippen LogP contribution in [0.2, 0.25) is 0 Å². The predicted molar refractivity (Wildman–Crippen MR) is 118 cm³/mol. The van der Waals surface area contributed by atoms with E-state index < -0.39 is 60.5 Å². The molecule has 1 aliphatic rings. The molecular formula is C25H25F6N3O2. The first-order chi connectivity index (χ1) is 16.9. The number of ether oxygens (including phenoxy) is 1. The summed E-state index contributed by atoms with van der Waals surface area (Å²) < 4.78 is 89.2. The Morgan fingerprint density at radius 2 is 1.56 bits per heavy atom. The summed E-state index contributed by atoms with van der Waals surface area (Å²) in [6.07, 6.45) is -4.01. The minimum Gasteiger partial charge on any atom is -0.432 e. The second kappa shape index (κ2) is 11.2. The Bertz CT molecular complexity index is 1060. The van der Waals surface area contributed by atoms with E-state index >= 15 is 0 Å². The first-order valence-corrected chi connectivity index (χ1v) is 11.3. The number of rotatable bonds is 11. The van der Waals surface area contributed by atoms with Crippen molar-refractivity contribution in [2.24, 2.45) is 0 Å². The van der Waals surface area contributed by atoms with Gasteiger partial charge in [-0.25, -0.2) is 17.6 Å². The van der Waals surface area contributed by atoms with Gasteiger partial charge in [-0.15, -0.1) is 0 Å². The van der Waals surface area contributed by atoms with Gasteiger partial charge in [-0.2, -0.15) is 14.0 Å². The average Bonchev–Trinajstić information content (AvgIpc) is 3.28. The van der Waals surface area contributed by atoms with Crippen LogP contribution in [0.25, 0.3) is 0 Å². The maximum absolute atomic E-state index is 14.9. The molecule has 1 saturated carbocycles. The van der Waals surface area contributed by atoms with Crippen molar-refractivity contribution < 1.29 is 35.9 Å². The zero-order valence-corrected chi connectivity index (χ0v) is 19.2. The summed E-state index contributed by atoms with van der Waals surface area (Å²) >= 11 is 0. The minimum atomic E-state index is -3.93. The van der Waals surface area contributed by atoms with Crippen LogP contribution in [-0.2, 0) is 11.2 Å². The van der Waals surface area contributed by atoms with E-state index in [1.54, 1.807) is 0 Å². The number of carbonyl (C=O) groups excluding carboxylic acids is 1. The van der Waals surface area contributed by atoms with Gasteiger partial charge in [-0.05, 0) is 67.6 Å². The van der Waals surface area contributed by atoms with Crippen LogP contribution in [0.4, 0.5) is 26.3 Å². The fourth-order valence-corrected chi connectivity index (χ4v) is 4.05. The van der Waals surface area contributed by atoms with Crippen molar-refractivity contribution in [2.75, 3.05) is 6.54 Å². The molecule has 36 heavy (non-hydrogen) atoms. The van der Waals surface area contributed by atoms with Crippen LogP contribution < -0.4 is 15.4 Å². The van der Waals surface area contributed by atoms with Gasteiger partial charge >= 0.3 is 6.11 Å². The van der Waals surface area contributed by atoms with E-state index in [0.717, 1.165) is 36.4 Å². The van der Waals surface area contributed by atoms with Crippen molar-refractivity contribution in [1.29, 1.82) is 5.26 Å². The van der Waals surface area contributed by atoms with Crippen LogP contribution in [0.3, 0.4) is 0 Å². The molecule has 3 rings (SSSR count). The first kappa shape index (κ1) is 27.3. The van der Waals surface area contributed by atoms with Gasteiger partial charge in [0.1, 0.15) is 29.5 Å². The van der Waals surface area contributed by atoms with Gasteiger partial charge < -0.3 is 10.1 Å². The monoisotopic (exact) mass is 513 g/mol. The highest BCUT2D eigenvalue weighted by atomic mass is 19.3. The molecule has 1 unspecified atom stereocenters. The van der Waals surface area contributed by atoms with Gasteiger partial charge in [0.2, 0.25) is 5.91 Å². The number of nitriles is 1. The molecule has 0 spiro atoms. The third-order valence-corrected chi connectivity index (χ3v) is 5.86. The summed E-state index contributed by atoms with van der Waals surface area (Å²) in [4.78, 5) is 12.9. The van der Waals surface area contributed by atoms with Gasteiger partial charge in [-0.3, -0.25) is 10.1 Å². The Balaban J connectivity index is 1.73. The second-order valence-electron chi connectivity index (χ2n) is 8.88. The quantitative estimate of drug-likeness (QED) is 0.410. The molecule has 5 nitrogen and oxygen atoms in total.